The number of rotatable bonds is 4. The summed E-state index contributed by atoms with van der Waals surface area (Å²) in [6.07, 6.45) is 0. The van der Waals surface area contributed by atoms with Crippen LogP contribution in [0.3, 0.4) is 0 Å². The number of halogens is 2. The minimum atomic E-state index is -0.952. The predicted molar refractivity (Wildman–Crippen MR) is 64.6 cm³/mol. The summed E-state index contributed by atoms with van der Waals surface area (Å²) in [5.41, 5.74) is 0.236. The van der Waals surface area contributed by atoms with E-state index in [0.717, 1.165) is 0 Å². The van der Waals surface area contributed by atoms with Crippen LogP contribution < -0.4 is 0 Å². The molecule has 1 rings (SSSR count). The normalized spacial score (nSPS) is 12.2. The fourth-order valence-corrected chi connectivity index (χ4v) is 1.61. The lowest BCUT2D eigenvalue weighted by atomic mass is 10.2. The Kier molecular flexibility index (Phi) is 4.42. The zero-order valence-electron chi connectivity index (χ0n) is 9.33. The number of carbonyl (C=O) groups excluding carboxylic acids is 1. The Labute approximate surface area is 108 Å². The molecule has 0 aliphatic heterocycles. The first-order valence-electron chi connectivity index (χ1n) is 4.85. The molecule has 0 fully saturated rings. The van der Waals surface area contributed by atoms with Crippen LogP contribution in [-0.4, -0.2) is 40.5 Å². The summed E-state index contributed by atoms with van der Waals surface area (Å²) >= 11 is 11.4. The number of hydrogen-bond acceptors (Lipinski definition) is 2. The third kappa shape index (κ3) is 3.38. The Bertz CT molecular complexity index is 425. The van der Waals surface area contributed by atoms with Gasteiger partial charge >= 0.3 is 5.97 Å². The molecular formula is C10H12Cl2N2O3. The molecule has 2 N–H and O–H groups in total. The van der Waals surface area contributed by atoms with Crippen molar-refractivity contribution in [3.8, 4) is 0 Å². The molecule has 1 unspecified atom stereocenters. The molecule has 0 bridgehead atoms. The number of aromatic amines is 1. The zero-order chi connectivity index (χ0) is 13.2. The van der Waals surface area contributed by atoms with Crippen molar-refractivity contribution in [2.45, 2.75) is 6.92 Å². The number of nitrogens with zero attached hydrogens (tertiary/aromatic N) is 1. The van der Waals surface area contributed by atoms with Crippen molar-refractivity contribution in [2.24, 2.45) is 5.92 Å². The molecule has 17 heavy (non-hydrogen) atoms. The third-order valence-electron chi connectivity index (χ3n) is 2.27. The van der Waals surface area contributed by atoms with Crippen molar-refractivity contribution in [2.75, 3.05) is 13.6 Å². The summed E-state index contributed by atoms with van der Waals surface area (Å²) in [7, 11) is 1.52. The molecule has 1 amide bonds. The fourth-order valence-electron chi connectivity index (χ4n) is 1.30. The van der Waals surface area contributed by atoms with Crippen molar-refractivity contribution in [1.29, 1.82) is 0 Å². The molecular weight excluding hydrogens is 267 g/mol. The lowest BCUT2D eigenvalue weighted by molar-refractivity contribution is -0.141. The van der Waals surface area contributed by atoms with Gasteiger partial charge in [-0.15, -0.1) is 0 Å². The van der Waals surface area contributed by atoms with Gasteiger partial charge in [0.25, 0.3) is 5.91 Å². The van der Waals surface area contributed by atoms with E-state index in [1.54, 1.807) is 0 Å². The van der Waals surface area contributed by atoms with E-state index >= 15 is 0 Å². The van der Waals surface area contributed by atoms with Gasteiger partial charge in [-0.3, -0.25) is 9.59 Å². The number of aliphatic carboxylic acids is 1. The van der Waals surface area contributed by atoms with E-state index < -0.39 is 11.9 Å². The second-order valence-electron chi connectivity index (χ2n) is 3.77. The summed E-state index contributed by atoms with van der Waals surface area (Å²) in [6.45, 7) is 1.64. The molecule has 1 heterocycles. The van der Waals surface area contributed by atoms with Crippen LogP contribution >= 0.6 is 23.2 Å². The van der Waals surface area contributed by atoms with Crippen LogP contribution in [0.15, 0.2) is 6.07 Å². The van der Waals surface area contributed by atoms with Gasteiger partial charge in [-0.25, -0.2) is 0 Å². The molecule has 0 radical (unpaired) electrons. The lowest BCUT2D eigenvalue weighted by Crippen LogP contribution is -2.33. The number of hydrogen-bond donors (Lipinski definition) is 2. The summed E-state index contributed by atoms with van der Waals surface area (Å²) < 4.78 is 0. The molecule has 7 heteroatoms. The molecule has 5 nitrogen and oxygen atoms in total. The van der Waals surface area contributed by atoms with Crippen LogP contribution in [0.4, 0.5) is 0 Å². The molecule has 0 spiro atoms. The minimum absolute atomic E-state index is 0.114. The number of carboxylic acids is 1. The second-order valence-corrected chi connectivity index (χ2v) is 4.56. The van der Waals surface area contributed by atoms with Crippen LogP contribution in [0.1, 0.15) is 17.4 Å². The Morgan fingerprint density at radius 2 is 2.12 bits per heavy atom. The van der Waals surface area contributed by atoms with Gasteiger partial charge < -0.3 is 15.0 Å². The highest BCUT2D eigenvalue weighted by Crippen LogP contribution is 2.22. The lowest BCUT2D eigenvalue weighted by Gasteiger charge is -2.18. The second kappa shape index (κ2) is 5.42. The van der Waals surface area contributed by atoms with E-state index in [-0.39, 0.29) is 28.3 Å². The molecule has 1 aromatic rings. The van der Waals surface area contributed by atoms with E-state index in [1.165, 1.54) is 24.9 Å². The van der Waals surface area contributed by atoms with Gasteiger partial charge in [0.1, 0.15) is 10.8 Å². The number of aromatic nitrogens is 1. The van der Waals surface area contributed by atoms with E-state index in [2.05, 4.69) is 4.98 Å². The van der Waals surface area contributed by atoms with Crippen LogP contribution in [0.5, 0.6) is 0 Å². The van der Waals surface area contributed by atoms with E-state index in [1.807, 2.05) is 0 Å². The van der Waals surface area contributed by atoms with E-state index in [0.29, 0.717) is 0 Å². The highest BCUT2D eigenvalue weighted by atomic mass is 35.5. The van der Waals surface area contributed by atoms with Crippen LogP contribution in [-0.2, 0) is 4.79 Å². The molecule has 0 saturated carbocycles. The van der Waals surface area contributed by atoms with Gasteiger partial charge in [-0.1, -0.05) is 30.1 Å². The van der Waals surface area contributed by atoms with E-state index in [9.17, 15) is 9.59 Å². The molecule has 0 aromatic carbocycles. The average Bonchev–Trinajstić information content (AvgIpc) is 2.57. The molecule has 1 aromatic heterocycles. The maximum absolute atomic E-state index is 11.9. The number of nitrogens with one attached hydrogen (secondary N) is 1. The van der Waals surface area contributed by atoms with Crippen molar-refractivity contribution in [3.05, 3.63) is 21.9 Å². The Balaban J connectivity index is 2.73. The van der Waals surface area contributed by atoms with Crippen molar-refractivity contribution >= 4 is 35.1 Å². The summed E-state index contributed by atoms with van der Waals surface area (Å²) in [4.78, 5) is 26.4. The Morgan fingerprint density at radius 1 is 1.53 bits per heavy atom. The van der Waals surface area contributed by atoms with Crippen LogP contribution in [0.25, 0.3) is 0 Å². The van der Waals surface area contributed by atoms with Crippen molar-refractivity contribution < 1.29 is 14.7 Å². The first-order valence-corrected chi connectivity index (χ1v) is 5.60. The van der Waals surface area contributed by atoms with Crippen LogP contribution in [0, 0.1) is 5.92 Å². The topological polar surface area (TPSA) is 73.4 Å². The Morgan fingerprint density at radius 3 is 2.53 bits per heavy atom. The van der Waals surface area contributed by atoms with Crippen LogP contribution in [0.2, 0.25) is 10.2 Å². The number of amides is 1. The molecule has 0 saturated heterocycles. The molecule has 0 aliphatic carbocycles. The maximum Gasteiger partial charge on any atom is 0.308 e. The van der Waals surface area contributed by atoms with Gasteiger partial charge in [-0.05, 0) is 6.07 Å². The molecule has 94 valence electrons. The average molecular weight is 279 g/mol. The van der Waals surface area contributed by atoms with Gasteiger partial charge in [0.05, 0.1) is 10.9 Å². The van der Waals surface area contributed by atoms with Gasteiger partial charge in [0.2, 0.25) is 0 Å². The van der Waals surface area contributed by atoms with E-state index in [4.69, 9.17) is 28.3 Å². The fraction of sp³-hybridized carbons (Fsp3) is 0.400. The smallest absolute Gasteiger partial charge is 0.308 e. The summed E-state index contributed by atoms with van der Waals surface area (Å²) in [5.74, 6) is -1.94. The van der Waals surface area contributed by atoms with Gasteiger partial charge in [-0.2, -0.15) is 0 Å². The van der Waals surface area contributed by atoms with Crippen molar-refractivity contribution in [1.82, 2.24) is 9.88 Å². The van der Waals surface area contributed by atoms with Gasteiger partial charge in [0, 0.05) is 13.6 Å². The SMILES string of the molecule is CC(CN(C)C(=O)c1cc(Cl)c(Cl)[nH]1)C(=O)O. The number of carboxylic acid groups (broad SMARTS) is 1. The number of H-pyrrole nitrogens is 1. The molecule has 1 atom stereocenters. The standard InChI is InChI=1S/C10H12Cl2N2O3/c1-5(10(16)17)4-14(2)9(15)7-3-6(11)8(12)13-7/h3,5,13H,4H2,1-2H3,(H,16,17). The zero-order valence-corrected chi connectivity index (χ0v) is 10.8. The maximum atomic E-state index is 11.9. The Hall–Kier alpha value is -1.20. The highest BCUT2D eigenvalue weighted by Gasteiger charge is 2.20. The third-order valence-corrected chi connectivity index (χ3v) is 2.96. The van der Waals surface area contributed by atoms with Gasteiger partial charge in [0.15, 0.2) is 0 Å². The largest absolute Gasteiger partial charge is 0.481 e. The number of carbonyl (C=O) groups is 2. The monoisotopic (exact) mass is 278 g/mol. The summed E-state index contributed by atoms with van der Waals surface area (Å²) in [6, 6.07) is 1.41. The predicted octanol–water partition coefficient (Wildman–Crippen LogP) is 2.11. The highest BCUT2D eigenvalue weighted by molar-refractivity contribution is 6.41. The first-order chi connectivity index (χ1) is 7.82. The first kappa shape index (κ1) is 13.9. The molecule has 0 aliphatic rings. The minimum Gasteiger partial charge on any atom is -0.481 e. The quantitative estimate of drug-likeness (QED) is 0.886. The summed E-state index contributed by atoms with van der Waals surface area (Å²) in [5, 5.41) is 9.19. The van der Waals surface area contributed by atoms with Crippen molar-refractivity contribution in [3.63, 3.8) is 0 Å².